The van der Waals surface area contributed by atoms with Crippen LogP contribution in [0.2, 0.25) is 0 Å². The summed E-state index contributed by atoms with van der Waals surface area (Å²) in [5.74, 6) is 1.78. The van der Waals surface area contributed by atoms with Crippen molar-refractivity contribution in [2.24, 2.45) is 12.5 Å². The van der Waals surface area contributed by atoms with Crippen LogP contribution in [0.25, 0.3) is 11.3 Å². The number of aryl methyl sites for hydroxylation is 1. The molecule has 5 rings (SSSR count). The number of anilines is 2. The van der Waals surface area contributed by atoms with Crippen molar-refractivity contribution in [3.63, 3.8) is 0 Å². The molecule has 8 heteroatoms. The van der Waals surface area contributed by atoms with E-state index in [0.717, 1.165) is 50.6 Å². The summed E-state index contributed by atoms with van der Waals surface area (Å²) in [5.41, 5.74) is 3.98. The number of thiazole rings is 1. The fourth-order valence-electron chi connectivity index (χ4n) is 4.01. The van der Waals surface area contributed by atoms with Gasteiger partial charge in [-0.1, -0.05) is 25.2 Å². The molecule has 2 aliphatic rings. The van der Waals surface area contributed by atoms with Gasteiger partial charge in [0, 0.05) is 19.2 Å². The maximum atomic E-state index is 12.6. The highest BCUT2D eigenvalue weighted by atomic mass is 32.1. The van der Waals surface area contributed by atoms with E-state index >= 15 is 0 Å². The lowest BCUT2D eigenvalue weighted by Crippen LogP contribution is -2.32. The smallest absolute Gasteiger partial charge is 0.263 e. The highest BCUT2D eigenvalue weighted by molar-refractivity contribution is 7.17. The van der Waals surface area contributed by atoms with Crippen LogP contribution in [0.4, 0.5) is 10.8 Å². The summed E-state index contributed by atoms with van der Waals surface area (Å²) >= 11 is 1.47. The average Bonchev–Trinajstić information content (AvgIpc) is 3.25. The number of carbonyl (C=O) groups is 1. The highest BCUT2D eigenvalue weighted by Gasteiger charge is 2.32. The average molecular weight is 424 g/mol. The zero-order valence-corrected chi connectivity index (χ0v) is 18.5. The second-order valence-corrected chi connectivity index (χ2v) is 9.71. The van der Waals surface area contributed by atoms with Crippen LogP contribution in [0.1, 0.15) is 35.0 Å². The zero-order valence-electron chi connectivity index (χ0n) is 17.7. The van der Waals surface area contributed by atoms with Gasteiger partial charge in [0.15, 0.2) is 5.13 Å². The molecule has 0 spiro atoms. The lowest BCUT2D eigenvalue weighted by Gasteiger charge is -2.29. The van der Waals surface area contributed by atoms with Crippen LogP contribution >= 0.6 is 11.3 Å². The Balaban J connectivity index is 1.57. The lowest BCUT2D eigenvalue weighted by atomic mass is 9.88. The van der Waals surface area contributed by atoms with E-state index in [0.29, 0.717) is 19.7 Å². The third kappa shape index (κ3) is 3.15. The Morgan fingerprint density at radius 2 is 2.13 bits per heavy atom. The van der Waals surface area contributed by atoms with Gasteiger partial charge in [-0.15, -0.1) is 0 Å². The van der Waals surface area contributed by atoms with Gasteiger partial charge in [-0.2, -0.15) is 0 Å². The summed E-state index contributed by atoms with van der Waals surface area (Å²) in [7, 11) is 2.02. The van der Waals surface area contributed by atoms with Gasteiger partial charge in [-0.25, -0.2) is 9.97 Å². The summed E-state index contributed by atoms with van der Waals surface area (Å²) in [6, 6.07) is 6.20. The monoisotopic (exact) mass is 423 g/mol. The zero-order chi connectivity index (χ0) is 21.0. The van der Waals surface area contributed by atoms with Gasteiger partial charge >= 0.3 is 0 Å². The van der Waals surface area contributed by atoms with Gasteiger partial charge in [-0.05, 0) is 37.0 Å². The molecule has 0 saturated heterocycles. The number of amides is 1. The van der Waals surface area contributed by atoms with E-state index < -0.39 is 0 Å². The number of aromatic nitrogens is 3. The van der Waals surface area contributed by atoms with Crippen molar-refractivity contribution in [1.29, 1.82) is 0 Å². The first-order valence-corrected chi connectivity index (χ1v) is 10.9. The minimum atomic E-state index is -0.0214. The Morgan fingerprint density at radius 3 is 2.90 bits per heavy atom. The number of nitrogens with zero attached hydrogens (tertiary/aromatic N) is 4. The van der Waals surface area contributed by atoms with Gasteiger partial charge < -0.3 is 19.5 Å². The molecular weight excluding hydrogens is 398 g/mol. The number of nitrogens with one attached hydrogen (secondary N) is 1. The molecule has 4 heterocycles. The fraction of sp³-hybridized carbons (Fsp3) is 0.409. The first-order chi connectivity index (χ1) is 14.3. The predicted octanol–water partition coefficient (Wildman–Crippen LogP) is 3.69. The van der Waals surface area contributed by atoms with E-state index in [9.17, 15) is 4.79 Å². The maximum Gasteiger partial charge on any atom is 0.263 e. The van der Waals surface area contributed by atoms with Crippen molar-refractivity contribution in [2.45, 2.75) is 27.2 Å². The normalized spacial score (nSPS) is 17.6. The summed E-state index contributed by atoms with van der Waals surface area (Å²) < 4.78 is 7.99. The molecule has 2 aromatic heterocycles. The summed E-state index contributed by atoms with van der Waals surface area (Å²) in [4.78, 5) is 24.9. The molecule has 0 aliphatic carbocycles. The van der Waals surface area contributed by atoms with Gasteiger partial charge in [0.1, 0.15) is 23.1 Å². The van der Waals surface area contributed by atoms with Crippen molar-refractivity contribution < 1.29 is 9.53 Å². The molecule has 0 unspecified atom stereocenters. The van der Waals surface area contributed by atoms with Crippen molar-refractivity contribution in [1.82, 2.24) is 19.9 Å². The molecule has 0 atom stereocenters. The number of fused-ring (bicyclic) bond motifs is 2. The Kier molecular flexibility index (Phi) is 4.36. The Morgan fingerprint density at radius 1 is 1.30 bits per heavy atom. The standard InChI is InChI=1S/C22H25N5O2S/c1-13-23-11-17(26(13)4)14-5-6-18-16(9-14)27(7-8-29-18)21-25-15-10-22(2,3)12-24-20(28)19(15)30-21/h5-6,9,11H,7-8,10,12H2,1-4H3,(H,24,28). The van der Waals surface area contributed by atoms with E-state index in [2.05, 4.69) is 45.7 Å². The van der Waals surface area contributed by atoms with E-state index in [1.807, 2.05) is 26.2 Å². The Hall–Kier alpha value is -2.87. The minimum Gasteiger partial charge on any atom is -0.490 e. The minimum absolute atomic E-state index is 0.0142. The van der Waals surface area contributed by atoms with E-state index in [4.69, 9.17) is 9.72 Å². The van der Waals surface area contributed by atoms with Crippen LogP contribution in [0.15, 0.2) is 24.4 Å². The second-order valence-electron chi connectivity index (χ2n) is 8.73. The lowest BCUT2D eigenvalue weighted by molar-refractivity contribution is 0.0948. The Bertz CT molecular complexity index is 1150. The van der Waals surface area contributed by atoms with Crippen LogP contribution in [0.5, 0.6) is 5.75 Å². The molecule has 2 aliphatic heterocycles. The van der Waals surface area contributed by atoms with Gasteiger partial charge in [0.05, 0.1) is 29.8 Å². The molecule has 156 valence electrons. The van der Waals surface area contributed by atoms with Crippen LogP contribution < -0.4 is 15.0 Å². The van der Waals surface area contributed by atoms with Crippen molar-refractivity contribution in [3.05, 3.63) is 40.8 Å². The summed E-state index contributed by atoms with van der Waals surface area (Å²) in [6.07, 6.45) is 2.67. The van der Waals surface area contributed by atoms with Gasteiger partial charge in [0.2, 0.25) is 0 Å². The largest absolute Gasteiger partial charge is 0.490 e. The molecule has 0 bridgehead atoms. The van der Waals surface area contributed by atoms with Crippen LogP contribution in [-0.2, 0) is 13.5 Å². The second kappa shape index (κ2) is 6.84. The molecule has 7 nitrogen and oxygen atoms in total. The molecule has 0 saturated carbocycles. The van der Waals surface area contributed by atoms with E-state index in [-0.39, 0.29) is 11.3 Å². The number of hydrogen-bond acceptors (Lipinski definition) is 6. The van der Waals surface area contributed by atoms with Crippen LogP contribution in [-0.4, -0.2) is 40.1 Å². The number of hydrogen-bond donors (Lipinski definition) is 1. The van der Waals surface area contributed by atoms with E-state index in [1.54, 1.807) is 0 Å². The number of ether oxygens (including phenoxy) is 1. The highest BCUT2D eigenvalue weighted by Crippen LogP contribution is 2.42. The molecule has 0 radical (unpaired) electrons. The van der Waals surface area contributed by atoms with Crippen LogP contribution in [0, 0.1) is 12.3 Å². The number of benzene rings is 1. The first-order valence-electron chi connectivity index (χ1n) is 10.1. The van der Waals surface area contributed by atoms with Gasteiger partial charge in [-0.3, -0.25) is 4.79 Å². The molecular formula is C22H25N5O2S. The fourth-order valence-corrected chi connectivity index (χ4v) is 5.05. The van der Waals surface area contributed by atoms with Gasteiger partial charge in [0.25, 0.3) is 5.91 Å². The first kappa shape index (κ1) is 19.1. The van der Waals surface area contributed by atoms with Crippen molar-refractivity contribution in [3.8, 4) is 17.0 Å². The number of imidazole rings is 1. The SMILES string of the molecule is Cc1ncc(-c2ccc3c(c2)N(c2nc4c(s2)C(=O)NCC(C)(C)C4)CCO3)n1C. The van der Waals surface area contributed by atoms with Crippen LogP contribution in [0.3, 0.4) is 0 Å². The molecule has 1 amide bonds. The third-order valence-corrected chi connectivity index (χ3v) is 6.95. The predicted molar refractivity (Wildman–Crippen MR) is 118 cm³/mol. The number of carbonyl (C=O) groups excluding carboxylic acids is 1. The van der Waals surface area contributed by atoms with Crippen molar-refractivity contribution >= 4 is 28.1 Å². The molecule has 1 aromatic carbocycles. The molecule has 0 fully saturated rings. The molecule has 30 heavy (non-hydrogen) atoms. The van der Waals surface area contributed by atoms with Crippen molar-refractivity contribution in [2.75, 3.05) is 24.6 Å². The molecule has 1 N–H and O–H groups in total. The molecule has 3 aromatic rings. The third-order valence-electron chi connectivity index (χ3n) is 5.84. The maximum absolute atomic E-state index is 12.6. The number of rotatable bonds is 2. The van der Waals surface area contributed by atoms with E-state index in [1.165, 1.54) is 11.3 Å². The summed E-state index contributed by atoms with van der Waals surface area (Å²) in [6.45, 7) is 8.25. The summed E-state index contributed by atoms with van der Waals surface area (Å²) in [5, 5.41) is 3.89. The Labute approximate surface area is 179 Å². The topological polar surface area (TPSA) is 72.3 Å². The quantitative estimate of drug-likeness (QED) is 0.681.